The first-order chi connectivity index (χ1) is 6.65. The maximum Gasteiger partial charge on any atom is 0.175 e. The van der Waals surface area contributed by atoms with Crippen LogP contribution in [0.2, 0.25) is 0 Å². The van der Waals surface area contributed by atoms with Crippen LogP contribution in [0.4, 0.5) is 0 Å². The zero-order valence-electron chi connectivity index (χ0n) is 9.07. The monoisotopic (exact) mass is 213 g/mol. The maximum absolute atomic E-state index is 5.36. The van der Waals surface area contributed by atoms with Gasteiger partial charge in [-0.2, -0.15) is 0 Å². The molecule has 0 atom stereocenters. The minimum absolute atomic E-state index is 0.924. The van der Waals surface area contributed by atoms with E-state index in [1.165, 1.54) is 6.42 Å². The second kappa shape index (κ2) is 5.32. The Balaban J connectivity index is 2.43. The molecule has 0 aromatic heterocycles. The van der Waals surface area contributed by atoms with Gasteiger partial charge < -0.3 is 14.7 Å². The normalized spacial score (nSPS) is 17.8. The fraction of sp³-hybridized carbons (Fsp3) is 0.700. The third kappa shape index (κ3) is 2.96. The molecule has 0 spiro atoms. The Morgan fingerprint density at radius 2 is 2.21 bits per heavy atom. The number of nitrogens with zero attached hydrogens (tertiary/aromatic N) is 3. The number of likely N-dealkylation sites (N-methyl/N-ethyl adjacent to an activating group) is 1. The van der Waals surface area contributed by atoms with Gasteiger partial charge in [0, 0.05) is 26.2 Å². The third-order valence-corrected chi connectivity index (χ3v) is 2.87. The van der Waals surface area contributed by atoms with Gasteiger partial charge in [-0.25, -0.2) is 0 Å². The molecule has 0 radical (unpaired) electrons. The molecule has 80 valence electrons. The highest BCUT2D eigenvalue weighted by Crippen LogP contribution is 2.09. The number of rotatable bonds is 4. The Labute approximate surface area is 92.0 Å². The highest BCUT2D eigenvalue weighted by Gasteiger charge is 2.19. The Kier molecular flexibility index (Phi) is 4.35. The van der Waals surface area contributed by atoms with Gasteiger partial charge in [0.2, 0.25) is 0 Å². The smallest absolute Gasteiger partial charge is 0.175 e. The summed E-state index contributed by atoms with van der Waals surface area (Å²) < 4.78 is 0. The van der Waals surface area contributed by atoms with Gasteiger partial charge in [-0.1, -0.05) is 6.58 Å². The van der Waals surface area contributed by atoms with Crippen molar-refractivity contribution in [2.45, 2.75) is 6.42 Å². The quantitative estimate of drug-likeness (QED) is 0.644. The van der Waals surface area contributed by atoms with Gasteiger partial charge in [-0.15, -0.1) is 0 Å². The van der Waals surface area contributed by atoms with Crippen molar-refractivity contribution < 1.29 is 0 Å². The van der Waals surface area contributed by atoms with Crippen LogP contribution in [0.1, 0.15) is 6.42 Å². The Morgan fingerprint density at radius 1 is 1.50 bits per heavy atom. The van der Waals surface area contributed by atoms with Crippen molar-refractivity contribution in [1.29, 1.82) is 0 Å². The molecule has 0 N–H and O–H groups in total. The van der Waals surface area contributed by atoms with Crippen LogP contribution in [-0.4, -0.2) is 60.1 Å². The predicted octanol–water partition coefficient (Wildman–Crippen LogP) is 0.984. The van der Waals surface area contributed by atoms with Gasteiger partial charge in [0.05, 0.1) is 0 Å². The molecule has 1 rings (SSSR count). The molecule has 14 heavy (non-hydrogen) atoms. The minimum atomic E-state index is 0.924. The molecule has 0 aromatic rings. The van der Waals surface area contributed by atoms with Gasteiger partial charge in [0.1, 0.15) is 0 Å². The first-order valence-corrected chi connectivity index (χ1v) is 5.39. The van der Waals surface area contributed by atoms with Crippen LogP contribution in [0.3, 0.4) is 0 Å². The SMILES string of the molecule is C=CN1CCCN(CCN(C)C)C1=S. The summed E-state index contributed by atoms with van der Waals surface area (Å²) in [6.07, 6.45) is 2.99. The lowest BCUT2D eigenvalue weighted by atomic mass is 10.3. The molecule has 0 amide bonds. The molecular formula is C10H19N3S. The standard InChI is InChI=1S/C10H19N3S/c1-4-12-6-5-7-13(10(12)14)9-8-11(2)3/h4H,1,5-9H2,2-3H3. The van der Waals surface area contributed by atoms with Crippen molar-refractivity contribution in [2.24, 2.45) is 0 Å². The molecule has 0 aliphatic carbocycles. The highest BCUT2D eigenvalue weighted by atomic mass is 32.1. The molecule has 1 aliphatic heterocycles. The molecule has 0 saturated carbocycles. The van der Waals surface area contributed by atoms with E-state index in [4.69, 9.17) is 12.2 Å². The van der Waals surface area contributed by atoms with E-state index in [9.17, 15) is 0 Å². The number of hydrogen-bond acceptors (Lipinski definition) is 2. The van der Waals surface area contributed by atoms with Gasteiger partial charge in [0.25, 0.3) is 0 Å². The largest absolute Gasteiger partial charge is 0.348 e. The molecule has 1 aliphatic rings. The van der Waals surface area contributed by atoms with Crippen LogP contribution in [0.15, 0.2) is 12.8 Å². The first kappa shape index (κ1) is 11.5. The van der Waals surface area contributed by atoms with Crippen LogP contribution in [0, 0.1) is 0 Å². The molecular weight excluding hydrogens is 194 g/mol. The Morgan fingerprint density at radius 3 is 2.79 bits per heavy atom. The van der Waals surface area contributed by atoms with Crippen LogP contribution in [0.25, 0.3) is 0 Å². The van der Waals surface area contributed by atoms with E-state index < -0.39 is 0 Å². The zero-order chi connectivity index (χ0) is 10.6. The highest BCUT2D eigenvalue weighted by molar-refractivity contribution is 7.80. The summed E-state index contributed by atoms with van der Waals surface area (Å²) in [6, 6.07) is 0. The van der Waals surface area contributed by atoms with E-state index in [0.717, 1.165) is 31.3 Å². The van der Waals surface area contributed by atoms with Crippen molar-refractivity contribution >= 4 is 17.3 Å². The summed E-state index contributed by atoms with van der Waals surface area (Å²) >= 11 is 5.36. The second-order valence-corrected chi connectivity index (χ2v) is 4.17. The maximum atomic E-state index is 5.36. The summed E-state index contributed by atoms with van der Waals surface area (Å²) in [5, 5.41) is 0.924. The zero-order valence-corrected chi connectivity index (χ0v) is 9.89. The number of thiocarbonyl (C=S) groups is 1. The van der Waals surface area contributed by atoms with E-state index >= 15 is 0 Å². The fourth-order valence-corrected chi connectivity index (χ4v) is 1.85. The van der Waals surface area contributed by atoms with Crippen molar-refractivity contribution in [1.82, 2.24) is 14.7 Å². The lowest BCUT2D eigenvalue weighted by molar-refractivity contribution is 0.276. The molecule has 4 heteroatoms. The second-order valence-electron chi connectivity index (χ2n) is 3.80. The topological polar surface area (TPSA) is 9.72 Å². The van der Waals surface area contributed by atoms with Crippen molar-refractivity contribution in [3.8, 4) is 0 Å². The van der Waals surface area contributed by atoms with Gasteiger partial charge in [-0.3, -0.25) is 0 Å². The van der Waals surface area contributed by atoms with Crippen molar-refractivity contribution in [3.05, 3.63) is 12.8 Å². The Hall–Kier alpha value is -0.610. The van der Waals surface area contributed by atoms with Gasteiger partial charge >= 0.3 is 0 Å². The van der Waals surface area contributed by atoms with E-state index in [1.54, 1.807) is 0 Å². The predicted molar refractivity (Wildman–Crippen MR) is 64.2 cm³/mol. The fourth-order valence-electron chi connectivity index (χ4n) is 1.50. The first-order valence-electron chi connectivity index (χ1n) is 4.98. The van der Waals surface area contributed by atoms with Crippen LogP contribution >= 0.6 is 12.2 Å². The summed E-state index contributed by atoms with van der Waals surface area (Å²) in [4.78, 5) is 6.48. The lowest BCUT2D eigenvalue weighted by Gasteiger charge is -2.37. The summed E-state index contributed by atoms with van der Waals surface area (Å²) in [5.74, 6) is 0. The van der Waals surface area contributed by atoms with Gasteiger partial charge in [0.15, 0.2) is 5.11 Å². The molecule has 1 fully saturated rings. The molecule has 3 nitrogen and oxygen atoms in total. The molecule has 1 saturated heterocycles. The van der Waals surface area contributed by atoms with E-state index in [-0.39, 0.29) is 0 Å². The van der Waals surface area contributed by atoms with Crippen molar-refractivity contribution in [2.75, 3.05) is 40.3 Å². The van der Waals surface area contributed by atoms with Crippen LogP contribution in [0.5, 0.6) is 0 Å². The molecule has 1 heterocycles. The van der Waals surface area contributed by atoms with Crippen molar-refractivity contribution in [3.63, 3.8) is 0 Å². The van der Waals surface area contributed by atoms with E-state index in [0.29, 0.717) is 0 Å². The third-order valence-electron chi connectivity index (χ3n) is 2.38. The molecule has 0 aromatic carbocycles. The van der Waals surface area contributed by atoms with Crippen LogP contribution in [-0.2, 0) is 0 Å². The average molecular weight is 213 g/mol. The lowest BCUT2D eigenvalue weighted by Crippen LogP contribution is -2.48. The summed E-state index contributed by atoms with van der Waals surface area (Å²) in [6.45, 7) is 7.92. The van der Waals surface area contributed by atoms with E-state index in [2.05, 4.69) is 35.4 Å². The molecule has 0 unspecified atom stereocenters. The average Bonchev–Trinajstić information content (AvgIpc) is 2.16. The summed E-state index contributed by atoms with van der Waals surface area (Å²) in [5.41, 5.74) is 0. The number of hydrogen-bond donors (Lipinski definition) is 0. The molecule has 0 bridgehead atoms. The summed E-state index contributed by atoms with van der Waals surface area (Å²) in [7, 11) is 4.16. The van der Waals surface area contributed by atoms with Crippen LogP contribution < -0.4 is 0 Å². The Bertz CT molecular complexity index is 215. The van der Waals surface area contributed by atoms with Gasteiger partial charge in [-0.05, 0) is 38.9 Å². The minimum Gasteiger partial charge on any atom is -0.348 e. The van der Waals surface area contributed by atoms with E-state index in [1.807, 2.05) is 6.20 Å².